The summed E-state index contributed by atoms with van der Waals surface area (Å²) in [7, 11) is -3.17. The van der Waals surface area contributed by atoms with Gasteiger partial charge in [-0.2, -0.15) is 4.31 Å². The lowest BCUT2D eigenvalue weighted by molar-refractivity contribution is 0.209. The Morgan fingerprint density at radius 3 is 2.43 bits per heavy atom. The van der Waals surface area contributed by atoms with Crippen LogP contribution < -0.4 is 10.2 Å². The van der Waals surface area contributed by atoms with Crippen molar-refractivity contribution in [2.75, 3.05) is 42.7 Å². The normalized spacial score (nSPS) is 16.8. The second kappa shape index (κ2) is 5.86. The number of aryl methyl sites for hydroxylation is 1. The maximum absolute atomic E-state index is 11.5. The van der Waals surface area contributed by atoms with Crippen molar-refractivity contribution >= 4 is 27.8 Å². The van der Waals surface area contributed by atoms with Crippen LogP contribution in [0.3, 0.4) is 0 Å². The summed E-state index contributed by atoms with van der Waals surface area (Å²) >= 11 is 0. The molecular formula is C12H18N4O4S. The van der Waals surface area contributed by atoms with Gasteiger partial charge < -0.3 is 10.0 Å². The topological polar surface area (TPSA) is 103 Å². The number of pyridine rings is 1. The molecular weight excluding hydrogens is 296 g/mol. The van der Waals surface area contributed by atoms with E-state index in [1.54, 1.807) is 6.07 Å². The van der Waals surface area contributed by atoms with E-state index in [1.807, 2.05) is 17.9 Å². The summed E-state index contributed by atoms with van der Waals surface area (Å²) in [5, 5.41) is 11.0. The molecule has 116 valence electrons. The second-order valence-corrected chi connectivity index (χ2v) is 6.95. The van der Waals surface area contributed by atoms with Crippen LogP contribution in [0.2, 0.25) is 0 Å². The van der Waals surface area contributed by atoms with E-state index in [0.717, 1.165) is 5.56 Å². The van der Waals surface area contributed by atoms with E-state index >= 15 is 0 Å². The minimum atomic E-state index is -3.17. The summed E-state index contributed by atoms with van der Waals surface area (Å²) in [4.78, 5) is 16.9. The summed E-state index contributed by atoms with van der Waals surface area (Å²) in [6, 6.07) is 3.49. The first-order valence-corrected chi connectivity index (χ1v) is 8.29. The van der Waals surface area contributed by atoms with Gasteiger partial charge in [0.25, 0.3) is 0 Å². The number of sulfonamides is 1. The average molecular weight is 314 g/mol. The number of piperazine rings is 1. The molecule has 2 N–H and O–H groups in total. The fourth-order valence-electron chi connectivity index (χ4n) is 2.23. The van der Waals surface area contributed by atoms with Crippen LogP contribution in [0, 0.1) is 6.92 Å². The minimum absolute atomic E-state index is 0.267. The third-order valence-corrected chi connectivity index (χ3v) is 4.53. The smallest absolute Gasteiger partial charge is 0.410 e. The van der Waals surface area contributed by atoms with Crippen molar-refractivity contribution in [3.63, 3.8) is 0 Å². The first kappa shape index (κ1) is 15.5. The number of carbonyl (C=O) groups is 1. The van der Waals surface area contributed by atoms with E-state index in [-0.39, 0.29) is 5.82 Å². The van der Waals surface area contributed by atoms with Gasteiger partial charge in [-0.1, -0.05) is 0 Å². The zero-order chi connectivity index (χ0) is 15.6. The molecule has 1 saturated heterocycles. The molecule has 1 aromatic rings. The van der Waals surface area contributed by atoms with Gasteiger partial charge in [-0.25, -0.2) is 18.2 Å². The van der Waals surface area contributed by atoms with Gasteiger partial charge in [0.15, 0.2) is 0 Å². The highest BCUT2D eigenvalue weighted by Gasteiger charge is 2.24. The summed E-state index contributed by atoms with van der Waals surface area (Å²) in [6.07, 6.45) is 0.0311. The number of anilines is 2. The van der Waals surface area contributed by atoms with E-state index in [4.69, 9.17) is 5.11 Å². The first-order valence-electron chi connectivity index (χ1n) is 6.44. The largest absolute Gasteiger partial charge is 0.465 e. The lowest BCUT2D eigenvalue weighted by atomic mass is 10.2. The quantitative estimate of drug-likeness (QED) is 0.845. The molecule has 2 heterocycles. The van der Waals surface area contributed by atoms with Gasteiger partial charge in [0.2, 0.25) is 10.0 Å². The molecule has 21 heavy (non-hydrogen) atoms. The molecule has 0 saturated carbocycles. The molecule has 0 unspecified atom stereocenters. The predicted octanol–water partition coefficient (Wildman–Crippen LogP) is 0.562. The predicted molar refractivity (Wildman–Crippen MR) is 79.3 cm³/mol. The molecule has 0 atom stereocenters. The molecule has 0 aliphatic carbocycles. The third kappa shape index (κ3) is 4.05. The van der Waals surface area contributed by atoms with E-state index in [2.05, 4.69) is 10.3 Å². The SMILES string of the molecule is Cc1cc(NC(=O)O)nc(N2CCN(S(C)(=O)=O)CC2)c1. The van der Waals surface area contributed by atoms with Crippen LogP contribution in [-0.4, -0.2) is 61.3 Å². The molecule has 1 aliphatic heterocycles. The van der Waals surface area contributed by atoms with Crippen molar-refractivity contribution in [2.24, 2.45) is 0 Å². The standard InChI is InChI=1S/C12H18N4O4S/c1-9-7-10(14-12(17)18)13-11(8-9)15-3-5-16(6-4-15)21(2,19)20/h7-8H,3-6H2,1-2H3,(H,13,14)(H,17,18). The van der Waals surface area contributed by atoms with E-state index < -0.39 is 16.1 Å². The number of carboxylic acid groups (broad SMARTS) is 1. The Hall–Kier alpha value is -1.87. The zero-order valence-electron chi connectivity index (χ0n) is 11.9. The number of amides is 1. The highest BCUT2D eigenvalue weighted by Crippen LogP contribution is 2.19. The van der Waals surface area contributed by atoms with Crippen molar-refractivity contribution in [2.45, 2.75) is 6.92 Å². The fraction of sp³-hybridized carbons (Fsp3) is 0.500. The average Bonchev–Trinajstić information content (AvgIpc) is 2.36. The van der Waals surface area contributed by atoms with Crippen LogP contribution in [0.4, 0.5) is 16.4 Å². The number of aromatic nitrogens is 1. The lowest BCUT2D eigenvalue weighted by Crippen LogP contribution is -2.48. The van der Waals surface area contributed by atoms with Crippen molar-refractivity contribution < 1.29 is 18.3 Å². The van der Waals surface area contributed by atoms with Gasteiger partial charge >= 0.3 is 6.09 Å². The Morgan fingerprint density at radius 2 is 1.90 bits per heavy atom. The maximum atomic E-state index is 11.5. The van der Waals surface area contributed by atoms with Gasteiger partial charge in [-0.15, -0.1) is 0 Å². The second-order valence-electron chi connectivity index (χ2n) is 4.97. The summed E-state index contributed by atoms with van der Waals surface area (Å²) in [5.74, 6) is 0.912. The lowest BCUT2D eigenvalue weighted by Gasteiger charge is -2.34. The molecule has 0 aromatic carbocycles. The molecule has 1 aliphatic rings. The van der Waals surface area contributed by atoms with Crippen molar-refractivity contribution in [3.8, 4) is 0 Å². The highest BCUT2D eigenvalue weighted by atomic mass is 32.2. The van der Waals surface area contributed by atoms with Gasteiger partial charge in [-0.05, 0) is 24.6 Å². The first-order chi connectivity index (χ1) is 9.75. The molecule has 0 spiro atoms. The van der Waals surface area contributed by atoms with Crippen molar-refractivity contribution in [1.29, 1.82) is 0 Å². The van der Waals surface area contributed by atoms with Crippen LogP contribution >= 0.6 is 0 Å². The number of hydrogen-bond acceptors (Lipinski definition) is 5. The van der Waals surface area contributed by atoms with Crippen LogP contribution in [0.25, 0.3) is 0 Å². The highest BCUT2D eigenvalue weighted by molar-refractivity contribution is 7.88. The Kier molecular flexibility index (Phi) is 4.33. The van der Waals surface area contributed by atoms with Crippen LogP contribution in [0.1, 0.15) is 5.56 Å². The van der Waals surface area contributed by atoms with Gasteiger partial charge in [0.1, 0.15) is 11.6 Å². The van der Waals surface area contributed by atoms with Gasteiger partial charge in [0.05, 0.1) is 6.26 Å². The number of rotatable bonds is 3. The van der Waals surface area contributed by atoms with Gasteiger partial charge in [0, 0.05) is 26.2 Å². The molecule has 8 nitrogen and oxygen atoms in total. The van der Waals surface area contributed by atoms with Crippen molar-refractivity contribution in [3.05, 3.63) is 17.7 Å². The number of hydrogen-bond donors (Lipinski definition) is 2. The molecule has 0 radical (unpaired) electrons. The summed E-state index contributed by atoms with van der Waals surface area (Å²) in [5.41, 5.74) is 0.884. The Morgan fingerprint density at radius 1 is 1.29 bits per heavy atom. The Bertz CT molecular complexity index is 639. The summed E-state index contributed by atoms with van der Waals surface area (Å²) < 4.78 is 24.4. The van der Waals surface area contributed by atoms with Gasteiger partial charge in [-0.3, -0.25) is 5.32 Å². The minimum Gasteiger partial charge on any atom is -0.465 e. The number of nitrogens with zero attached hydrogens (tertiary/aromatic N) is 3. The molecule has 1 aromatic heterocycles. The molecule has 9 heteroatoms. The van der Waals surface area contributed by atoms with E-state index in [9.17, 15) is 13.2 Å². The van der Waals surface area contributed by atoms with E-state index in [1.165, 1.54) is 10.6 Å². The van der Waals surface area contributed by atoms with Crippen molar-refractivity contribution in [1.82, 2.24) is 9.29 Å². The fourth-order valence-corrected chi connectivity index (χ4v) is 3.06. The maximum Gasteiger partial charge on any atom is 0.410 e. The zero-order valence-corrected chi connectivity index (χ0v) is 12.7. The molecule has 2 rings (SSSR count). The molecule has 1 amide bonds. The monoisotopic (exact) mass is 314 g/mol. The van der Waals surface area contributed by atoms with Crippen LogP contribution in [0.5, 0.6) is 0 Å². The summed E-state index contributed by atoms with van der Waals surface area (Å²) in [6.45, 7) is 3.70. The molecule has 1 fully saturated rings. The Balaban J connectivity index is 2.13. The number of nitrogens with one attached hydrogen (secondary N) is 1. The van der Waals surface area contributed by atoms with Crippen LogP contribution in [-0.2, 0) is 10.0 Å². The van der Waals surface area contributed by atoms with Crippen LogP contribution in [0.15, 0.2) is 12.1 Å². The van der Waals surface area contributed by atoms with E-state index in [0.29, 0.717) is 32.0 Å². The molecule has 0 bridgehead atoms. The third-order valence-electron chi connectivity index (χ3n) is 3.22. The Labute approximate surface area is 123 Å².